The summed E-state index contributed by atoms with van der Waals surface area (Å²) in [6, 6.07) is -0.0398. The SMILES string of the molecule is COC(=O)NCC[C@@H](CC(C)C)NC(=O)OC(C)(C)C. The number of carbonyl (C=O) groups excluding carboxylic acids is 2. The average Bonchev–Trinajstić information content (AvgIpc) is 2.24. The van der Waals surface area contributed by atoms with Gasteiger partial charge in [-0.15, -0.1) is 0 Å². The van der Waals surface area contributed by atoms with Gasteiger partial charge in [0, 0.05) is 12.6 Å². The molecular formula is C14H28N2O4. The van der Waals surface area contributed by atoms with Gasteiger partial charge in [0.1, 0.15) is 5.60 Å². The van der Waals surface area contributed by atoms with Crippen molar-refractivity contribution in [1.82, 2.24) is 10.6 Å². The lowest BCUT2D eigenvalue weighted by molar-refractivity contribution is 0.0496. The molecule has 0 aliphatic rings. The lowest BCUT2D eigenvalue weighted by Crippen LogP contribution is -2.41. The van der Waals surface area contributed by atoms with E-state index in [-0.39, 0.29) is 6.04 Å². The quantitative estimate of drug-likeness (QED) is 0.787. The van der Waals surface area contributed by atoms with Crippen LogP contribution in [0.15, 0.2) is 0 Å². The molecule has 0 saturated heterocycles. The number of nitrogens with one attached hydrogen (secondary N) is 2. The van der Waals surface area contributed by atoms with Crippen LogP contribution in [-0.2, 0) is 9.47 Å². The molecule has 0 spiro atoms. The second kappa shape index (κ2) is 8.66. The molecule has 2 N–H and O–H groups in total. The maximum Gasteiger partial charge on any atom is 0.407 e. The maximum absolute atomic E-state index is 11.8. The van der Waals surface area contributed by atoms with Crippen molar-refractivity contribution < 1.29 is 19.1 Å². The number of amides is 2. The molecule has 0 aromatic heterocycles. The van der Waals surface area contributed by atoms with E-state index in [9.17, 15) is 9.59 Å². The van der Waals surface area contributed by atoms with E-state index >= 15 is 0 Å². The van der Waals surface area contributed by atoms with Crippen LogP contribution in [-0.4, -0.2) is 37.5 Å². The third-order valence-electron chi connectivity index (χ3n) is 2.42. The molecule has 0 saturated carbocycles. The molecule has 0 aliphatic heterocycles. The van der Waals surface area contributed by atoms with Crippen molar-refractivity contribution in [3.05, 3.63) is 0 Å². The first-order valence-corrected chi connectivity index (χ1v) is 6.95. The summed E-state index contributed by atoms with van der Waals surface area (Å²) in [5.41, 5.74) is -0.517. The summed E-state index contributed by atoms with van der Waals surface area (Å²) < 4.78 is 9.73. The van der Waals surface area contributed by atoms with E-state index in [4.69, 9.17) is 4.74 Å². The van der Waals surface area contributed by atoms with E-state index in [2.05, 4.69) is 29.2 Å². The van der Waals surface area contributed by atoms with E-state index in [0.717, 1.165) is 6.42 Å². The minimum Gasteiger partial charge on any atom is -0.453 e. The Bertz CT molecular complexity index is 311. The number of carbonyl (C=O) groups is 2. The predicted molar refractivity (Wildman–Crippen MR) is 77.6 cm³/mol. The van der Waals surface area contributed by atoms with Crippen LogP contribution in [0.5, 0.6) is 0 Å². The van der Waals surface area contributed by atoms with Crippen molar-refractivity contribution in [2.45, 2.75) is 59.1 Å². The first-order chi connectivity index (χ1) is 9.14. The van der Waals surface area contributed by atoms with Gasteiger partial charge in [0.05, 0.1) is 7.11 Å². The van der Waals surface area contributed by atoms with Gasteiger partial charge < -0.3 is 20.1 Å². The molecule has 6 nitrogen and oxygen atoms in total. The molecular weight excluding hydrogens is 260 g/mol. The Morgan fingerprint density at radius 1 is 1.15 bits per heavy atom. The van der Waals surface area contributed by atoms with Gasteiger partial charge in [-0.3, -0.25) is 0 Å². The van der Waals surface area contributed by atoms with Crippen LogP contribution in [0.4, 0.5) is 9.59 Å². The van der Waals surface area contributed by atoms with Crippen LogP contribution in [0, 0.1) is 5.92 Å². The van der Waals surface area contributed by atoms with E-state index < -0.39 is 17.8 Å². The van der Waals surface area contributed by atoms with E-state index in [1.165, 1.54) is 7.11 Å². The summed E-state index contributed by atoms with van der Waals surface area (Å²) in [4.78, 5) is 22.7. The highest BCUT2D eigenvalue weighted by Gasteiger charge is 2.20. The number of rotatable bonds is 6. The highest BCUT2D eigenvalue weighted by molar-refractivity contribution is 5.68. The van der Waals surface area contributed by atoms with Gasteiger partial charge in [-0.1, -0.05) is 13.8 Å². The topological polar surface area (TPSA) is 76.7 Å². The van der Waals surface area contributed by atoms with E-state index in [1.54, 1.807) is 0 Å². The van der Waals surface area contributed by atoms with Gasteiger partial charge in [-0.25, -0.2) is 9.59 Å². The van der Waals surface area contributed by atoms with Gasteiger partial charge in [0.2, 0.25) is 0 Å². The molecule has 0 radical (unpaired) electrons. The van der Waals surface area contributed by atoms with Gasteiger partial charge >= 0.3 is 12.2 Å². The molecule has 0 aromatic carbocycles. The molecule has 0 aromatic rings. The number of hydrogen-bond donors (Lipinski definition) is 2. The fourth-order valence-electron chi connectivity index (χ4n) is 1.71. The second-order valence-corrected chi connectivity index (χ2v) is 6.18. The monoisotopic (exact) mass is 288 g/mol. The molecule has 0 bridgehead atoms. The number of hydrogen-bond acceptors (Lipinski definition) is 4. The first-order valence-electron chi connectivity index (χ1n) is 6.95. The zero-order valence-electron chi connectivity index (χ0n) is 13.4. The molecule has 0 heterocycles. The molecule has 0 aliphatic carbocycles. The van der Waals surface area contributed by atoms with Crippen LogP contribution in [0.3, 0.4) is 0 Å². The van der Waals surface area contributed by atoms with Crippen LogP contribution in [0.25, 0.3) is 0 Å². The summed E-state index contributed by atoms with van der Waals surface area (Å²) in [6.45, 7) is 10.1. The van der Waals surface area contributed by atoms with Gasteiger partial charge in [0.25, 0.3) is 0 Å². The Balaban J connectivity index is 4.27. The largest absolute Gasteiger partial charge is 0.453 e. The normalized spacial score (nSPS) is 12.8. The Morgan fingerprint density at radius 2 is 1.75 bits per heavy atom. The number of methoxy groups -OCH3 is 1. The van der Waals surface area contributed by atoms with Crippen LogP contribution in [0.1, 0.15) is 47.5 Å². The van der Waals surface area contributed by atoms with Crippen molar-refractivity contribution >= 4 is 12.2 Å². The van der Waals surface area contributed by atoms with Crippen molar-refractivity contribution in [2.75, 3.05) is 13.7 Å². The standard InChI is InChI=1S/C14H28N2O4/c1-10(2)9-11(7-8-15-12(17)19-6)16-13(18)20-14(3,4)5/h10-11H,7-9H2,1-6H3,(H,15,17)(H,16,18)/t11-/m0/s1. The van der Waals surface area contributed by atoms with Crippen molar-refractivity contribution in [2.24, 2.45) is 5.92 Å². The highest BCUT2D eigenvalue weighted by Crippen LogP contribution is 2.11. The third-order valence-corrected chi connectivity index (χ3v) is 2.42. The molecule has 0 fully saturated rings. The van der Waals surface area contributed by atoms with Crippen LogP contribution in [0.2, 0.25) is 0 Å². The molecule has 20 heavy (non-hydrogen) atoms. The molecule has 6 heteroatoms. The summed E-state index contributed by atoms with van der Waals surface area (Å²) in [7, 11) is 1.32. The zero-order valence-corrected chi connectivity index (χ0v) is 13.4. The number of alkyl carbamates (subject to hydrolysis) is 2. The van der Waals surface area contributed by atoms with Gasteiger partial charge in [0.15, 0.2) is 0 Å². The Labute approximate surface area is 121 Å². The minimum absolute atomic E-state index is 0.0398. The molecule has 0 rings (SSSR count). The molecule has 0 unspecified atom stereocenters. The lowest BCUT2D eigenvalue weighted by Gasteiger charge is -2.24. The highest BCUT2D eigenvalue weighted by atomic mass is 16.6. The first kappa shape index (κ1) is 18.5. The molecule has 1 atom stereocenters. The smallest absolute Gasteiger partial charge is 0.407 e. The lowest BCUT2D eigenvalue weighted by atomic mass is 10.0. The Morgan fingerprint density at radius 3 is 2.20 bits per heavy atom. The van der Waals surface area contributed by atoms with E-state index in [1.807, 2.05) is 20.8 Å². The van der Waals surface area contributed by atoms with Crippen molar-refractivity contribution in [3.8, 4) is 0 Å². The zero-order chi connectivity index (χ0) is 15.8. The summed E-state index contributed by atoms with van der Waals surface area (Å²) >= 11 is 0. The molecule has 2 amide bonds. The fraction of sp³-hybridized carbons (Fsp3) is 0.857. The fourth-order valence-corrected chi connectivity index (χ4v) is 1.71. The number of ether oxygens (including phenoxy) is 2. The Hall–Kier alpha value is -1.46. The van der Waals surface area contributed by atoms with E-state index in [0.29, 0.717) is 18.9 Å². The molecule has 118 valence electrons. The maximum atomic E-state index is 11.8. The average molecular weight is 288 g/mol. The summed E-state index contributed by atoms with van der Waals surface area (Å²) in [5.74, 6) is 0.438. The third kappa shape index (κ3) is 10.5. The van der Waals surface area contributed by atoms with Gasteiger partial charge in [-0.05, 0) is 39.5 Å². The van der Waals surface area contributed by atoms with Crippen molar-refractivity contribution in [1.29, 1.82) is 0 Å². The van der Waals surface area contributed by atoms with Crippen molar-refractivity contribution in [3.63, 3.8) is 0 Å². The Kier molecular flexibility index (Phi) is 8.03. The summed E-state index contributed by atoms with van der Waals surface area (Å²) in [6.07, 6.45) is 0.556. The van der Waals surface area contributed by atoms with Gasteiger partial charge in [-0.2, -0.15) is 0 Å². The minimum atomic E-state index is -0.517. The van der Waals surface area contributed by atoms with Crippen LogP contribution < -0.4 is 10.6 Å². The summed E-state index contributed by atoms with van der Waals surface area (Å²) in [5, 5.41) is 5.45. The predicted octanol–water partition coefficient (Wildman–Crippen LogP) is 2.67. The van der Waals surface area contributed by atoms with Crippen LogP contribution >= 0.6 is 0 Å². The second-order valence-electron chi connectivity index (χ2n) is 6.18.